The summed E-state index contributed by atoms with van der Waals surface area (Å²) in [6, 6.07) is 0. The number of rotatable bonds is 4. The van der Waals surface area contributed by atoms with Crippen molar-refractivity contribution in [3.63, 3.8) is 0 Å². The van der Waals surface area contributed by atoms with Crippen LogP contribution in [-0.4, -0.2) is 58.7 Å². The predicted octanol–water partition coefficient (Wildman–Crippen LogP) is 1.55. The van der Waals surface area contributed by atoms with E-state index < -0.39 is 10.0 Å². The molecule has 1 aliphatic heterocycles. The second kappa shape index (κ2) is 6.64. The molecule has 132 valence electrons. The third-order valence-electron chi connectivity index (χ3n) is 3.94. The lowest BCUT2D eigenvalue weighted by molar-refractivity contribution is 0.145. The molecule has 0 amide bonds. The van der Waals surface area contributed by atoms with Crippen molar-refractivity contribution < 1.29 is 12.9 Å². The Morgan fingerprint density at radius 1 is 1.21 bits per heavy atom. The Hall–Kier alpha value is -1.14. The van der Waals surface area contributed by atoms with Crippen molar-refractivity contribution in [2.75, 3.05) is 26.2 Å². The van der Waals surface area contributed by atoms with Gasteiger partial charge in [0.15, 0.2) is 9.71 Å². The Morgan fingerprint density at radius 3 is 2.38 bits per heavy atom. The summed E-state index contributed by atoms with van der Waals surface area (Å²) in [7, 11) is -3.57. The zero-order valence-corrected chi connectivity index (χ0v) is 16.2. The molecule has 24 heavy (non-hydrogen) atoms. The molecule has 11 heteroatoms. The molecule has 3 heterocycles. The van der Waals surface area contributed by atoms with Gasteiger partial charge in [-0.25, -0.2) is 13.1 Å². The van der Waals surface area contributed by atoms with Crippen LogP contribution in [0.3, 0.4) is 0 Å². The first-order valence-corrected chi connectivity index (χ1v) is 10.2. The number of piperazine rings is 1. The highest BCUT2D eigenvalue weighted by Gasteiger charge is 2.33. The molecule has 1 fully saturated rings. The second-order valence-corrected chi connectivity index (χ2v) is 9.40. The van der Waals surface area contributed by atoms with E-state index in [1.54, 1.807) is 18.5 Å². The molecule has 3 rings (SSSR count). The van der Waals surface area contributed by atoms with E-state index in [9.17, 15) is 8.42 Å². The molecule has 0 N–H and O–H groups in total. The minimum Gasteiger partial charge on any atom is -0.360 e. The van der Waals surface area contributed by atoms with Crippen LogP contribution in [0.25, 0.3) is 0 Å². The lowest BCUT2D eigenvalue weighted by Gasteiger charge is -2.33. The Balaban J connectivity index is 1.69. The van der Waals surface area contributed by atoms with Gasteiger partial charge in [-0.15, -0.1) is 0 Å². The topological polar surface area (TPSA) is 84.5 Å². The van der Waals surface area contributed by atoms with E-state index in [1.807, 2.05) is 6.92 Å². The monoisotopic (exact) mass is 389 g/mol. The van der Waals surface area contributed by atoms with Crippen molar-refractivity contribution in [2.45, 2.75) is 32.3 Å². The largest absolute Gasteiger partial charge is 0.360 e. The smallest absolute Gasteiger partial charge is 0.248 e. The number of nitrogens with zero attached hydrogens (tertiary/aromatic N) is 5. The van der Waals surface area contributed by atoms with Gasteiger partial charge in [0.05, 0.1) is 6.67 Å². The van der Waals surface area contributed by atoms with Crippen molar-refractivity contribution in [1.29, 1.82) is 0 Å². The van der Waals surface area contributed by atoms with E-state index in [1.165, 1.54) is 15.6 Å². The van der Waals surface area contributed by atoms with Crippen LogP contribution in [0.2, 0.25) is 0 Å². The fraction of sp³-hybridized carbons (Fsp3) is 0.615. The van der Waals surface area contributed by atoms with Gasteiger partial charge in [-0.05, 0) is 33.0 Å². The molecule has 1 aliphatic rings. The molecule has 8 nitrogen and oxygen atoms in total. The molecule has 0 aromatic carbocycles. The summed E-state index contributed by atoms with van der Waals surface area (Å²) in [5, 5.41) is 9.05. The minimum atomic E-state index is -3.57. The van der Waals surface area contributed by atoms with Gasteiger partial charge >= 0.3 is 0 Å². The van der Waals surface area contributed by atoms with Crippen molar-refractivity contribution >= 4 is 33.6 Å². The van der Waals surface area contributed by atoms with Crippen molar-refractivity contribution in [3.05, 3.63) is 20.4 Å². The number of aromatic nitrogens is 3. The number of sulfonamides is 1. The molecule has 1 saturated heterocycles. The summed E-state index contributed by atoms with van der Waals surface area (Å²) < 4.78 is 34.6. The van der Waals surface area contributed by atoms with Crippen molar-refractivity contribution in [3.8, 4) is 0 Å². The molecule has 2 aromatic rings. The van der Waals surface area contributed by atoms with E-state index in [0.29, 0.717) is 44.3 Å². The second-order valence-electron chi connectivity index (χ2n) is 5.70. The maximum absolute atomic E-state index is 12.8. The predicted molar refractivity (Wildman–Crippen MR) is 92.0 cm³/mol. The fourth-order valence-corrected chi connectivity index (χ4v) is 5.54. The summed E-state index contributed by atoms with van der Waals surface area (Å²) in [5.41, 5.74) is 0.402. The molecular formula is C13H19N5O3S3. The van der Waals surface area contributed by atoms with Crippen LogP contribution < -0.4 is 0 Å². The average molecular weight is 390 g/mol. The van der Waals surface area contributed by atoms with Crippen LogP contribution in [0.5, 0.6) is 0 Å². The number of aryl methyl sites for hydroxylation is 3. The maximum atomic E-state index is 12.8. The molecule has 0 aliphatic carbocycles. The Kier molecular flexibility index (Phi) is 4.89. The molecule has 0 radical (unpaired) electrons. The van der Waals surface area contributed by atoms with Gasteiger partial charge in [-0.2, -0.15) is 9.40 Å². The zero-order valence-electron chi connectivity index (χ0n) is 13.7. The highest BCUT2D eigenvalue weighted by Crippen LogP contribution is 2.24. The summed E-state index contributed by atoms with van der Waals surface area (Å²) in [5.74, 6) is 0.333. The summed E-state index contributed by atoms with van der Waals surface area (Å²) in [4.78, 5) is 2.34. The maximum Gasteiger partial charge on any atom is 0.248 e. The van der Waals surface area contributed by atoms with Gasteiger partial charge in [-0.3, -0.25) is 4.90 Å². The summed E-state index contributed by atoms with van der Waals surface area (Å²) in [6.07, 6.45) is 0. The normalized spacial score (nSPS) is 17.5. The molecule has 0 spiro atoms. The SMILES string of the molecule is Cc1nn(CN2CCN(S(=O)(=O)c3c(C)noc3C)CC2)c(=S)s1. The Bertz CT molecular complexity index is 871. The first-order chi connectivity index (χ1) is 11.3. The van der Waals surface area contributed by atoms with Crippen LogP contribution >= 0.6 is 23.6 Å². The summed E-state index contributed by atoms with van der Waals surface area (Å²) in [6.45, 7) is 7.86. The number of hydrogen-bond acceptors (Lipinski definition) is 8. The van der Waals surface area contributed by atoms with E-state index in [4.69, 9.17) is 16.7 Å². The summed E-state index contributed by atoms with van der Waals surface area (Å²) >= 11 is 6.76. The van der Waals surface area contributed by atoms with Crippen LogP contribution in [0.15, 0.2) is 9.42 Å². The molecule has 2 aromatic heterocycles. The van der Waals surface area contributed by atoms with Gasteiger partial charge < -0.3 is 4.52 Å². The van der Waals surface area contributed by atoms with E-state index >= 15 is 0 Å². The first kappa shape index (κ1) is 17.7. The lowest BCUT2D eigenvalue weighted by Crippen LogP contribution is -2.49. The molecular weight excluding hydrogens is 370 g/mol. The highest BCUT2D eigenvalue weighted by atomic mass is 32.2. The Morgan fingerprint density at radius 2 is 1.88 bits per heavy atom. The quantitative estimate of drug-likeness (QED) is 0.734. The third-order valence-corrected chi connectivity index (χ3v) is 7.31. The van der Waals surface area contributed by atoms with Crippen LogP contribution in [0.1, 0.15) is 16.5 Å². The molecule has 0 unspecified atom stereocenters. The zero-order chi connectivity index (χ0) is 17.5. The number of hydrogen-bond donors (Lipinski definition) is 0. The van der Waals surface area contributed by atoms with Gasteiger partial charge in [0, 0.05) is 26.2 Å². The van der Waals surface area contributed by atoms with Gasteiger partial charge in [0.25, 0.3) is 0 Å². The molecule has 0 atom stereocenters. The third kappa shape index (κ3) is 3.31. The van der Waals surface area contributed by atoms with Gasteiger partial charge in [0.1, 0.15) is 15.6 Å². The van der Waals surface area contributed by atoms with Crippen LogP contribution in [-0.2, 0) is 16.7 Å². The van der Waals surface area contributed by atoms with Crippen LogP contribution in [0, 0.1) is 24.7 Å². The van der Waals surface area contributed by atoms with Crippen LogP contribution in [0.4, 0.5) is 0 Å². The lowest BCUT2D eigenvalue weighted by atomic mass is 10.4. The van der Waals surface area contributed by atoms with Crippen molar-refractivity contribution in [1.82, 2.24) is 24.1 Å². The average Bonchev–Trinajstić information content (AvgIpc) is 3.01. The van der Waals surface area contributed by atoms with E-state index in [-0.39, 0.29) is 4.90 Å². The molecule has 0 bridgehead atoms. The standard InChI is InChI=1S/C13H19N5O3S3/c1-9-12(10(2)21-15-9)24(19,20)17-6-4-16(5-7-17)8-18-13(22)23-11(3)14-18/h4-8H2,1-3H3. The van der Waals surface area contributed by atoms with Gasteiger partial charge in [0.2, 0.25) is 10.0 Å². The van der Waals surface area contributed by atoms with Gasteiger partial charge in [-0.1, -0.05) is 16.5 Å². The first-order valence-electron chi connectivity index (χ1n) is 7.49. The fourth-order valence-electron chi connectivity index (χ4n) is 2.77. The molecule has 0 saturated carbocycles. The highest BCUT2D eigenvalue weighted by molar-refractivity contribution is 7.89. The van der Waals surface area contributed by atoms with E-state index in [2.05, 4.69) is 15.2 Å². The Labute approximate surface area is 149 Å². The van der Waals surface area contributed by atoms with Crippen molar-refractivity contribution in [2.24, 2.45) is 0 Å². The van der Waals surface area contributed by atoms with E-state index in [0.717, 1.165) is 8.96 Å². The minimum absolute atomic E-state index is 0.188.